The summed E-state index contributed by atoms with van der Waals surface area (Å²) in [6, 6.07) is 16.0. The SMILES string of the molecule is CC(Cc1cc2cc(-c3cccc(Cl)c3)ccc2nc1N)C(=O)NC1CCOC(C)(C)C1. The molecule has 0 aliphatic carbocycles. The van der Waals surface area contributed by atoms with Crippen LogP contribution in [0.1, 0.15) is 39.2 Å². The number of nitrogens with two attached hydrogens (primary N) is 1. The first-order valence-electron chi connectivity index (χ1n) is 11.1. The van der Waals surface area contributed by atoms with Crippen molar-refractivity contribution in [3.63, 3.8) is 0 Å². The third-order valence-corrected chi connectivity index (χ3v) is 6.34. The molecule has 3 N–H and O–H groups in total. The molecule has 0 radical (unpaired) electrons. The molecule has 6 heteroatoms. The largest absolute Gasteiger partial charge is 0.383 e. The Morgan fingerprint density at radius 1 is 1.25 bits per heavy atom. The zero-order valence-corrected chi connectivity index (χ0v) is 19.6. The molecule has 1 aliphatic heterocycles. The van der Waals surface area contributed by atoms with Crippen LogP contribution in [-0.4, -0.2) is 29.1 Å². The Morgan fingerprint density at radius 3 is 2.78 bits per heavy atom. The normalized spacial score (nSPS) is 18.9. The predicted molar refractivity (Wildman–Crippen MR) is 131 cm³/mol. The highest BCUT2D eigenvalue weighted by atomic mass is 35.5. The highest BCUT2D eigenvalue weighted by molar-refractivity contribution is 6.30. The van der Waals surface area contributed by atoms with Gasteiger partial charge in [0.15, 0.2) is 0 Å². The van der Waals surface area contributed by atoms with Crippen molar-refractivity contribution in [2.45, 2.75) is 51.7 Å². The summed E-state index contributed by atoms with van der Waals surface area (Å²) in [6.45, 7) is 6.73. The van der Waals surface area contributed by atoms with Crippen LogP contribution in [-0.2, 0) is 16.0 Å². The van der Waals surface area contributed by atoms with Gasteiger partial charge in [0.05, 0.1) is 11.1 Å². The summed E-state index contributed by atoms with van der Waals surface area (Å²) >= 11 is 6.16. The fourth-order valence-electron chi connectivity index (χ4n) is 4.37. The molecule has 32 heavy (non-hydrogen) atoms. The van der Waals surface area contributed by atoms with Crippen LogP contribution < -0.4 is 11.1 Å². The number of aromatic nitrogens is 1. The van der Waals surface area contributed by atoms with Crippen molar-refractivity contribution in [2.24, 2.45) is 5.92 Å². The van der Waals surface area contributed by atoms with Crippen LogP contribution in [0.4, 0.5) is 5.82 Å². The van der Waals surface area contributed by atoms with Gasteiger partial charge in [0.2, 0.25) is 5.91 Å². The van der Waals surface area contributed by atoms with Crippen LogP contribution in [0.5, 0.6) is 0 Å². The van der Waals surface area contributed by atoms with Gasteiger partial charge in [-0.2, -0.15) is 0 Å². The third kappa shape index (κ3) is 5.22. The second-order valence-electron chi connectivity index (χ2n) is 9.36. The van der Waals surface area contributed by atoms with Crippen LogP contribution in [0.15, 0.2) is 48.5 Å². The van der Waals surface area contributed by atoms with Gasteiger partial charge in [0.25, 0.3) is 0 Å². The summed E-state index contributed by atoms with van der Waals surface area (Å²) < 4.78 is 5.75. The van der Waals surface area contributed by atoms with Gasteiger partial charge in [-0.25, -0.2) is 4.98 Å². The zero-order valence-electron chi connectivity index (χ0n) is 18.8. The van der Waals surface area contributed by atoms with E-state index in [4.69, 9.17) is 22.1 Å². The van der Waals surface area contributed by atoms with Crippen LogP contribution in [0.2, 0.25) is 5.02 Å². The number of pyridine rings is 1. The molecule has 1 fully saturated rings. The fraction of sp³-hybridized carbons (Fsp3) is 0.385. The minimum atomic E-state index is -0.210. The summed E-state index contributed by atoms with van der Waals surface area (Å²) in [5.41, 5.74) is 9.87. The standard InChI is InChI=1S/C26H30ClN3O2/c1-16(25(31)29-22-9-10-32-26(2,3)15-22)11-20-13-19-12-18(7-8-23(19)30-24(20)28)17-5-4-6-21(27)14-17/h4-8,12-14,16,22H,9-11,15H2,1-3H3,(H2,28,30)(H,29,31). The van der Waals surface area contributed by atoms with Crippen molar-refractivity contribution in [1.82, 2.24) is 10.3 Å². The van der Waals surface area contributed by atoms with Gasteiger partial charge >= 0.3 is 0 Å². The summed E-state index contributed by atoms with van der Waals surface area (Å²) in [5.74, 6) is 0.304. The lowest BCUT2D eigenvalue weighted by Crippen LogP contribution is -2.47. The molecule has 2 aromatic carbocycles. The summed E-state index contributed by atoms with van der Waals surface area (Å²) in [6.07, 6.45) is 2.19. The van der Waals surface area contributed by atoms with E-state index in [1.54, 1.807) is 0 Å². The van der Waals surface area contributed by atoms with E-state index in [1.807, 2.05) is 49.4 Å². The van der Waals surface area contributed by atoms with Gasteiger partial charge in [-0.1, -0.05) is 36.7 Å². The molecular formula is C26H30ClN3O2. The second kappa shape index (κ2) is 9.08. The van der Waals surface area contributed by atoms with Crippen molar-refractivity contribution < 1.29 is 9.53 Å². The van der Waals surface area contributed by atoms with Crippen molar-refractivity contribution in [2.75, 3.05) is 12.3 Å². The van der Waals surface area contributed by atoms with Crippen molar-refractivity contribution >= 4 is 34.2 Å². The fourth-order valence-corrected chi connectivity index (χ4v) is 4.56. The van der Waals surface area contributed by atoms with E-state index in [1.165, 1.54) is 0 Å². The second-order valence-corrected chi connectivity index (χ2v) is 9.80. The topological polar surface area (TPSA) is 77.2 Å². The molecule has 0 spiro atoms. The molecule has 2 heterocycles. The molecule has 1 saturated heterocycles. The number of nitrogen functional groups attached to an aromatic ring is 1. The van der Waals surface area contributed by atoms with E-state index < -0.39 is 0 Å². The minimum Gasteiger partial charge on any atom is -0.383 e. The number of carbonyl (C=O) groups is 1. The average molecular weight is 452 g/mol. The molecule has 2 unspecified atom stereocenters. The molecular weight excluding hydrogens is 422 g/mol. The number of hydrogen-bond acceptors (Lipinski definition) is 4. The Morgan fingerprint density at radius 2 is 2.03 bits per heavy atom. The Balaban J connectivity index is 1.51. The van der Waals surface area contributed by atoms with E-state index in [2.05, 4.69) is 30.2 Å². The molecule has 1 amide bonds. The highest BCUT2D eigenvalue weighted by Gasteiger charge is 2.30. The molecule has 1 aliphatic rings. The first kappa shape index (κ1) is 22.6. The minimum absolute atomic E-state index is 0.0416. The Bertz CT molecular complexity index is 1150. The summed E-state index contributed by atoms with van der Waals surface area (Å²) in [5, 5.41) is 4.89. The first-order valence-corrected chi connectivity index (χ1v) is 11.5. The number of ether oxygens (including phenoxy) is 1. The quantitative estimate of drug-likeness (QED) is 0.545. The number of amides is 1. The number of carbonyl (C=O) groups excluding carboxylic acids is 1. The number of hydrogen-bond donors (Lipinski definition) is 2. The molecule has 0 bridgehead atoms. The van der Waals surface area contributed by atoms with E-state index >= 15 is 0 Å². The van der Waals surface area contributed by atoms with E-state index in [0.29, 0.717) is 23.9 Å². The molecule has 1 aromatic heterocycles. The van der Waals surface area contributed by atoms with Gasteiger partial charge in [-0.3, -0.25) is 4.79 Å². The van der Waals surface area contributed by atoms with E-state index in [9.17, 15) is 4.79 Å². The number of halogens is 1. The average Bonchev–Trinajstić information content (AvgIpc) is 2.73. The van der Waals surface area contributed by atoms with Gasteiger partial charge in [-0.15, -0.1) is 0 Å². The van der Waals surface area contributed by atoms with Crippen LogP contribution in [0.25, 0.3) is 22.0 Å². The summed E-state index contributed by atoms with van der Waals surface area (Å²) in [4.78, 5) is 17.4. The van der Waals surface area contributed by atoms with Crippen LogP contribution in [0, 0.1) is 5.92 Å². The first-order chi connectivity index (χ1) is 15.2. The molecule has 3 aromatic rings. The van der Waals surface area contributed by atoms with Crippen LogP contribution in [0.3, 0.4) is 0 Å². The molecule has 0 saturated carbocycles. The number of fused-ring (bicyclic) bond motifs is 1. The maximum absolute atomic E-state index is 12.8. The van der Waals surface area contributed by atoms with Gasteiger partial charge in [-0.05, 0) is 80.1 Å². The number of nitrogens with one attached hydrogen (secondary N) is 1. The number of nitrogens with zero attached hydrogens (tertiary/aromatic N) is 1. The maximum atomic E-state index is 12.8. The van der Waals surface area contributed by atoms with Crippen molar-refractivity contribution in [1.29, 1.82) is 0 Å². The Hall–Kier alpha value is -2.63. The third-order valence-electron chi connectivity index (χ3n) is 6.10. The Labute approximate surface area is 194 Å². The molecule has 2 atom stereocenters. The van der Waals surface area contributed by atoms with Crippen LogP contribution >= 0.6 is 11.6 Å². The Kier molecular flexibility index (Phi) is 6.40. The molecule has 5 nitrogen and oxygen atoms in total. The molecule has 168 valence electrons. The number of benzene rings is 2. The molecule has 4 rings (SSSR count). The van der Waals surface area contributed by atoms with Gasteiger partial charge < -0.3 is 15.8 Å². The van der Waals surface area contributed by atoms with E-state index in [-0.39, 0.29) is 23.5 Å². The monoisotopic (exact) mass is 451 g/mol. The van der Waals surface area contributed by atoms with Gasteiger partial charge in [0, 0.05) is 29.0 Å². The van der Waals surface area contributed by atoms with Gasteiger partial charge in [0.1, 0.15) is 5.82 Å². The number of anilines is 1. The number of rotatable bonds is 5. The predicted octanol–water partition coefficient (Wildman–Crippen LogP) is 5.39. The lowest BCUT2D eigenvalue weighted by molar-refractivity contribution is -0.127. The summed E-state index contributed by atoms with van der Waals surface area (Å²) in [7, 11) is 0. The highest BCUT2D eigenvalue weighted by Crippen LogP contribution is 2.29. The zero-order chi connectivity index (χ0) is 22.9. The smallest absolute Gasteiger partial charge is 0.223 e. The van der Waals surface area contributed by atoms with E-state index in [0.717, 1.165) is 40.4 Å². The maximum Gasteiger partial charge on any atom is 0.223 e. The lowest BCUT2D eigenvalue weighted by atomic mass is 9.92. The van der Waals surface area contributed by atoms with Crippen molar-refractivity contribution in [3.8, 4) is 11.1 Å². The lowest BCUT2D eigenvalue weighted by Gasteiger charge is -2.36. The van der Waals surface area contributed by atoms with Crippen molar-refractivity contribution in [3.05, 3.63) is 59.1 Å².